The van der Waals surface area contributed by atoms with E-state index in [1.807, 2.05) is 0 Å². The molecule has 0 spiro atoms. The fraction of sp³-hybridized carbons (Fsp3) is 0.857. The standard InChI is InChI=1S/C7H16N/c1-4-5-6-7-8(2)3/h6H,4-5,7H2,1-3H3. The zero-order chi connectivity index (χ0) is 6.41. The average molecular weight is 114 g/mol. The van der Waals surface area contributed by atoms with Crippen molar-refractivity contribution in [2.24, 2.45) is 0 Å². The van der Waals surface area contributed by atoms with Crippen molar-refractivity contribution < 1.29 is 0 Å². The van der Waals surface area contributed by atoms with E-state index in [9.17, 15) is 0 Å². The van der Waals surface area contributed by atoms with Crippen molar-refractivity contribution in [3.05, 3.63) is 6.42 Å². The lowest BCUT2D eigenvalue weighted by atomic mass is 10.2. The van der Waals surface area contributed by atoms with Crippen LogP contribution in [-0.2, 0) is 0 Å². The second-order valence-corrected chi connectivity index (χ2v) is 2.34. The van der Waals surface area contributed by atoms with Crippen LogP contribution in [0.3, 0.4) is 0 Å². The molecule has 0 aliphatic rings. The van der Waals surface area contributed by atoms with Gasteiger partial charge in [-0.05, 0) is 26.9 Å². The van der Waals surface area contributed by atoms with E-state index >= 15 is 0 Å². The van der Waals surface area contributed by atoms with Crippen LogP contribution in [0.1, 0.15) is 19.8 Å². The minimum absolute atomic E-state index is 1.12. The van der Waals surface area contributed by atoms with Crippen LogP contribution in [-0.4, -0.2) is 25.5 Å². The van der Waals surface area contributed by atoms with Crippen molar-refractivity contribution in [3.63, 3.8) is 0 Å². The molecule has 0 aliphatic heterocycles. The third-order valence-corrected chi connectivity index (χ3v) is 0.987. The van der Waals surface area contributed by atoms with Crippen molar-refractivity contribution >= 4 is 0 Å². The molecular weight excluding hydrogens is 98.1 g/mol. The minimum atomic E-state index is 1.12. The largest absolute Gasteiger partial charge is 0.309 e. The van der Waals surface area contributed by atoms with Gasteiger partial charge in [0.2, 0.25) is 0 Å². The van der Waals surface area contributed by atoms with Gasteiger partial charge in [0.1, 0.15) is 0 Å². The summed E-state index contributed by atoms with van der Waals surface area (Å²) in [5, 5.41) is 0. The Morgan fingerprint density at radius 2 is 2.00 bits per heavy atom. The van der Waals surface area contributed by atoms with Gasteiger partial charge < -0.3 is 4.90 Å². The van der Waals surface area contributed by atoms with Crippen LogP contribution in [0.4, 0.5) is 0 Å². The molecule has 0 bridgehead atoms. The summed E-state index contributed by atoms with van der Waals surface area (Å²) in [5.74, 6) is 0. The van der Waals surface area contributed by atoms with Gasteiger partial charge in [0.05, 0.1) is 0 Å². The number of rotatable bonds is 4. The lowest BCUT2D eigenvalue weighted by Crippen LogP contribution is -2.12. The number of unbranched alkanes of at least 4 members (excludes halogenated alkanes) is 2. The maximum absolute atomic E-state index is 2.31. The number of hydrogen-bond donors (Lipinski definition) is 0. The Morgan fingerprint density at radius 1 is 1.38 bits per heavy atom. The third-order valence-electron chi connectivity index (χ3n) is 0.987. The molecule has 0 aromatic heterocycles. The van der Waals surface area contributed by atoms with Crippen molar-refractivity contribution in [1.82, 2.24) is 4.90 Å². The fourth-order valence-corrected chi connectivity index (χ4v) is 0.554. The molecule has 0 N–H and O–H groups in total. The zero-order valence-electron chi connectivity index (χ0n) is 6.15. The van der Waals surface area contributed by atoms with Crippen LogP contribution in [0.5, 0.6) is 0 Å². The van der Waals surface area contributed by atoms with Gasteiger partial charge in [-0.25, -0.2) is 0 Å². The molecule has 0 saturated carbocycles. The van der Waals surface area contributed by atoms with Crippen LogP contribution in [0.25, 0.3) is 0 Å². The predicted octanol–water partition coefficient (Wildman–Crippen LogP) is 1.55. The Morgan fingerprint density at radius 3 is 2.38 bits per heavy atom. The predicted molar refractivity (Wildman–Crippen MR) is 37.8 cm³/mol. The molecule has 0 unspecified atom stereocenters. The van der Waals surface area contributed by atoms with Crippen LogP contribution in [0.2, 0.25) is 0 Å². The summed E-state index contributed by atoms with van der Waals surface area (Å²) in [7, 11) is 4.18. The smallest absolute Gasteiger partial charge is 0.000668 e. The maximum atomic E-state index is 2.31. The van der Waals surface area contributed by atoms with E-state index < -0.39 is 0 Å². The Kier molecular flexibility index (Phi) is 5.08. The summed E-state index contributed by atoms with van der Waals surface area (Å²) in [5.41, 5.74) is 0. The van der Waals surface area contributed by atoms with E-state index in [-0.39, 0.29) is 0 Å². The maximum Gasteiger partial charge on any atom is 0.000668 e. The van der Waals surface area contributed by atoms with E-state index in [1.54, 1.807) is 0 Å². The molecule has 1 nitrogen and oxygen atoms in total. The minimum Gasteiger partial charge on any atom is -0.309 e. The summed E-state index contributed by atoms with van der Waals surface area (Å²) in [6, 6.07) is 0. The summed E-state index contributed by atoms with van der Waals surface area (Å²) in [6.07, 6.45) is 4.83. The molecule has 0 atom stereocenters. The highest BCUT2D eigenvalue weighted by Crippen LogP contribution is 1.91. The lowest BCUT2D eigenvalue weighted by molar-refractivity contribution is 0.435. The first kappa shape index (κ1) is 7.96. The number of hydrogen-bond acceptors (Lipinski definition) is 1. The molecule has 0 fully saturated rings. The van der Waals surface area contributed by atoms with Crippen molar-refractivity contribution in [1.29, 1.82) is 0 Å². The van der Waals surface area contributed by atoms with Gasteiger partial charge in [-0.2, -0.15) is 0 Å². The molecule has 0 heterocycles. The Balaban J connectivity index is 2.72. The summed E-state index contributed by atoms with van der Waals surface area (Å²) in [6.45, 7) is 3.32. The third kappa shape index (κ3) is 5.96. The Bertz CT molecular complexity index is 41.7. The van der Waals surface area contributed by atoms with E-state index in [1.165, 1.54) is 12.8 Å². The van der Waals surface area contributed by atoms with Crippen molar-refractivity contribution in [2.75, 3.05) is 20.6 Å². The van der Waals surface area contributed by atoms with E-state index in [2.05, 4.69) is 32.3 Å². The highest BCUT2D eigenvalue weighted by molar-refractivity contribution is 4.65. The molecule has 0 aromatic rings. The molecule has 1 heteroatoms. The van der Waals surface area contributed by atoms with Gasteiger partial charge in [-0.15, -0.1) is 0 Å². The molecule has 0 aliphatic carbocycles. The SMILES string of the molecule is CCC[CH]CN(C)C. The molecule has 0 saturated heterocycles. The highest BCUT2D eigenvalue weighted by Gasteiger charge is 1.87. The Labute approximate surface area is 52.7 Å². The second kappa shape index (κ2) is 5.10. The monoisotopic (exact) mass is 114 g/mol. The van der Waals surface area contributed by atoms with Gasteiger partial charge in [0.25, 0.3) is 0 Å². The van der Waals surface area contributed by atoms with Gasteiger partial charge in [-0.1, -0.05) is 13.3 Å². The van der Waals surface area contributed by atoms with Gasteiger partial charge >= 0.3 is 0 Å². The molecule has 0 aromatic carbocycles. The van der Waals surface area contributed by atoms with E-state index in [0.717, 1.165) is 6.54 Å². The topological polar surface area (TPSA) is 3.24 Å². The lowest BCUT2D eigenvalue weighted by Gasteiger charge is -2.06. The van der Waals surface area contributed by atoms with E-state index in [4.69, 9.17) is 0 Å². The first-order valence-electron chi connectivity index (χ1n) is 3.23. The van der Waals surface area contributed by atoms with Gasteiger partial charge in [-0.3, -0.25) is 0 Å². The van der Waals surface area contributed by atoms with Crippen LogP contribution < -0.4 is 0 Å². The normalized spacial score (nSPS) is 10.5. The molecule has 1 radical (unpaired) electrons. The second-order valence-electron chi connectivity index (χ2n) is 2.34. The summed E-state index contributed by atoms with van der Waals surface area (Å²) >= 11 is 0. The average Bonchev–Trinajstić information content (AvgIpc) is 1.66. The van der Waals surface area contributed by atoms with Crippen molar-refractivity contribution in [2.45, 2.75) is 19.8 Å². The van der Waals surface area contributed by atoms with E-state index in [0.29, 0.717) is 0 Å². The number of nitrogens with zero attached hydrogens (tertiary/aromatic N) is 1. The summed E-state index contributed by atoms with van der Waals surface area (Å²) < 4.78 is 0. The fourth-order valence-electron chi connectivity index (χ4n) is 0.554. The molecule has 49 valence electrons. The van der Waals surface area contributed by atoms with Crippen LogP contribution >= 0.6 is 0 Å². The van der Waals surface area contributed by atoms with Crippen LogP contribution in [0, 0.1) is 6.42 Å². The molecule has 0 amide bonds. The molecular formula is C7H16N. The quantitative estimate of drug-likeness (QED) is 0.501. The zero-order valence-corrected chi connectivity index (χ0v) is 6.15. The van der Waals surface area contributed by atoms with Crippen LogP contribution in [0.15, 0.2) is 0 Å². The van der Waals surface area contributed by atoms with Gasteiger partial charge in [0.15, 0.2) is 0 Å². The highest BCUT2D eigenvalue weighted by atomic mass is 15.0. The first-order valence-corrected chi connectivity index (χ1v) is 3.23. The Hall–Kier alpha value is -0.0400. The van der Waals surface area contributed by atoms with Gasteiger partial charge in [0, 0.05) is 6.54 Å². The summed E-state index contributed by atoms with van der Waals surface area (Å²) in [4.78, 5) is 2.18. The molecule has 0 rings (SSSR count). The van der Waals surface area contributed by atoms with Crippen molar-refractivity contribution in [3.8, 4) is 0 Å². The first-order chi connectivity index (χ1) is 3.77. The molecule has 8 heavy (non-hydrogen) atoms.